The molecular weight excluding hydrogens is 190 g/mol. The van der Waals surface area contributed by atoms with Gasteiger partial charge >= 0.3 is 0 Å². The highest BCUT2D eigenvalue weighted by Crippen LogP contribution is 2.11. The second kappa shape index (κ2) is 5.82. The molecule has 0 aliphatic carbocycles. The van der Waals surface area contributed by atoms with Gasteiger partial charge < -0.3 is 16.6 Å². The van der Waals surface area contributed by atoms with E-state index in [2.05, 4.69) is 0 Å². The van der Waals surface area contributed by atoms with E-state index in [9.17, 15) is 9.90 Å². The Labute approximate surface area is 81.4 Å². The van der Waals surface area contributed by atoms with Crippen LogP contribution in [0.4, 0.5) is 0 Å². The monoisotopic (exact) mass is 205 g/mol. The molecule has 1 amide bonds. The van der Waals surface area contributed by atoms with Gasteiger partial charge in [0.05, 0.1) is 5.92 Å². The van der Waals surface area contributed by atoms with Crippen LogP contribution in [-0.2, 0) is 4.79 Å². The van der Waals surface area contributed by atoms with Crippen LogP contribution in [0, 0.1) is 11.3 Å². The number of carbonyl (C=O) groups is 1. The summed E-state index contributed by atoms with van der Waals surface area (Å²) in [5.41, 5.74) is 10.1. The summed E-state index contributed by atoms with van der Waals surface area (Å²) in [5, 5.41) is 16.3. The first-order chi connectivity index (χ1) is 6.00. The second-order valence-corrected chi connectivity index (χ2v) is 3.68. The Bertz CT molecular complexity index is 198. The molecule has 2 atom stereocenters. The van der Waals surface area contributed by atoms with Crippen molar-refractivity contribution in [3.63, 3.8) is 0 Å². The molecule has 76 valence electrons. The lowest BCUT2D eigenvalue weighted by Crippen LogP contribution is -2.41. The molecule has 0 radical (unpaired) electrons. The maximum absolute atomic E-state index is 10.9. The summed E-state index contributed by atoms with van der Waals surface area (Å²) in [5.74, 6) is -1.07. The lowest BCUT2D eigenvalue weighted by atomic mass is 9.98. The van der Waals surface area contributed by atoms with Crippen molar-refractivity contribution in [2.24, 2.45) is 17.4 Å². The normalized spacial score (nSPS) is 14.9. The summed E-state index contributed by atoms with van der Waals surface area (Å²) >= 11 is 1.55. The Morgan fingerprint density at radius 2 is 2.15 bits per heavy atom. The van der Waals surface area contributed by atoms with Gasteiger partial charge in [-0.15, -0.1) is 0 Å². The third kappa shape index (κ3) is 4.14. The van der Waals surface area contributed by atoms with E-state index in [0.717, 1.165) is 0 Å². The molecule has 5 nitrogen and oxygen atoms in total. The fourth-order valence-corrected chi connectivity index (χ4v) is 1.41. The molecule has 0 heterocycles. The standard InChI is InChI=1S/C7H15N3O2S/c1-13-3-2-4(7(10)12)5(11)6(8)9/h4-5,11H,2-3H2,1H3,(H3,8,9)(H2,10,12). The molecule has 13 heavy (non-hydrogen) atoms. The van der Waals surface area contributed by atoms with Crippen LogP contribution in [0.3, 0.4) is 0 Å². The Morgan fingerprint density at radius 3 is 2.46 bits per heavy atom. The van der Waals surface area contributed by atoms with Gasteiger partial charge in [0.15, 0.2) is 0 Å². The summed E-state index contributed by atoms with van der Waals surface area (Å²) in [4.78, 5) is 10.9. The molecule has 0 fully saturated rings. The van der Waals surface area contributed by atoms with Gasteiger partial charge in [-0.1, -0.05) is 0 Å². The SMILES string of the molecule is CSCCC(C(N)=O)C(O)C(=N)N. The Morgan fingerprint density at radius 1 is 1.62 bits per heavy atom. The molecule has 0 aromatic rings. The van der Waals surface area contributed by atoms with E-state index in [4.69, 9.17) is 16.9 Å². The highest BCUT2D eigenvalue weighted by Gasteiger charge is 2.26. The number of hydrogen-bond donors (Lipinski definition) is 4. The number of amidine groups is 1. The van der Waals surface area contributed by atoms with Crippen LogP contribution in [0.1, 0.15) is 6.42 Å². The van der Waals surface area contributed by atoms with Gasteiger partial charge in [-0.05, 0) is 18.4 Å². The van der Waals surface area contributed by atoms with Gasteiger partial charge in [0.2, 0.25) is 5.91 Å². The number of carbonyl (C=O) groups excluding carboxylic acids is 1. The van der Waals surface area contributed by atoms with Crippen LogP contribution < -0.4 is 11.5 Å². The zero-order valence-corrected chi connectivity index (χ0v) is 8.30. The van der Waals surface area contributed by atoms with Gasteiger partial charge in [0, 0.05) is 0 Å². The zero-order chi connectivity index (χ0) is 10.4. The number of aliphatic hydroxyl groups excluding tert-OH is 1. The third-order valence-corrected chi connectivity index (χ3v) is 2.34. The first kappa shape index (κ1) is 12.2. The summed E-state index contributed by atoms with van der Waals surface area (Å²) in [6, 6.07) is 0. The topological polar surface area (TPSA) is 113 Å². The van der Waals surface area contributed by atoms with E-state index >= 15 is 0 Å². The largest absolute Gasteiger partial charge is 0.385 e. The van der Waals surface area contributed by atoms with Crippen LogP contribution >= 0.6 is 11.8 Å². The lowest BCUT2D eigenvalue weighted by Gasteiger charge is -2.17. The van der Waals surface area contributed by atoms with Crippen molar-refractivity contribution in [2.45, 2.75) is 12.5 Å². The molecule has 0 saturated carbocycles. The zero-order valence-electron chi connectivity index (χ0n) is 7.49. The number of primary amides is 1. The number of thioether (sulfide) groups is 1. The molecule has 6 N–H and O–H groups in total. The average Bonchev–Trinajstić information content (AvgIpc) is 2.04. The summed E-state index contributed by atoms with van der Waals surface area (Å²) in [6.07, 6.45) is 1.08. The van der Waals surface area contributed by atoms with Gasteiger partial charge in [0.25, 0.3) is 0 Å². The average molecular weight is 205 g/mol. The van der Waals surface area contributed by atoms with Crippen LogP contribution in [0.5, 0.6) is 0 Å². The van der Waals surface area contributed by atoms with Crippen molar-refractivity contribution in [3.05, 3.63) is 0 Å². The quantitative estimate of drug-likeness (QED) is 0.333. The predicted octanol–water partition coefficient (Wildman–Crippen LogP) is -0.862. The number of hydrogen-bond acceptors (Lipinski definition) is 4. The molecule has 0 aliphatic rings. The lowest BCUT2D eigenvalue weighted by molar-refractivity contribution is -0.124. The number of amides is 1. The van der Waals surface area contributed by atoms with Crippen molar-refractivity contribution in [1.29, 1.82) is 5.41 Å². The molecule has 2 unspecified atom stereocenters. The van der Waals surface area contributed by atoms with Crippen molar-refractivity contribution >= 4 is 23.5 Å². The van der Waals surface area contributed by atoms with Gasteiger partial charge in [0.1, 0.15) is 11.9 Å². The molecule has 0 aliphatic heterocycles. The van der Waals surface area contributed by atoms with E-state index in [1.807, 2.05) is 6.26 Å². The van der Waals surface area contributed by atoms with E-state index in [0.29, 0.717) is 12.2 Å². The van der Waals surface area contributed by atoms with Crippen molar-refractivity contribution < 1.29 is 9.90 Å². The fraction of sp³-hybridized carbons (Fsp3) is 0.714. The fourth-order valence-electron chi connectivity index (χ4n) is 0.917. The van der Waals surface area contributed by atoms with E-state index in [1.54, 1.807) is 11.8 Å². The molecule has 0 aromatic carbocycles. The van der Waals surface area contributed by atoms with Crippen LogP contribution in [0.25, 0.3) is 0 Å². The van der Waals surface area contributed by atoms with E-state index in [-0.39, 0.29) is 0 Å². The van der Waals surface area contributed by atoms with Crippen LogP contribution in [0.2, 0.25) is 0 Å². The highest BCUT2D eigenvalue weighted by atomic mass is 32.2. The van der Waals surface area contributed by atoms with Gasteiger partial charge in [-0.2, -0.15) is 11.8 Å². The van der Waals surface area contributed by atoms with Crippen molar-refractivity contribution in [2.75, 3.05) is 12.0 Å². The smallest absolute Gasteiger partial charge is 0.223 e. The van der Waals surface area contributed by atoms with Crippen LogP contribution in [-0.4, -0.2) is 35.0 Å². The minimum absolute atomic E-state index is 0.412. The first-order valence-electron chi connectivity index (χ1n) is 3.81. The van der Waals surface area contributed by atoms with Gasteiger partial charge in [-0.3, -0.25) is 10.2 Å². The van der Waals surface area contributed by atoms with E-state index < -0.39 is 23.8 Å². The van der Waals surface area contributed by atoms with Crippen molar-refractivity contribution in [1.82, 2.24) is 0 Å². The van der Waals surface area contributed by atoms with Gasteiger partial charge in [-0.25, -0.2) is 0 Å². The molecule has 6 heteroatoms. The number of nitrogens with two attached hydrogens (primary N) is 2. The summed E-state index contributed by atoms with van der Waals surface area (Å²) < 4.78 is 0. The first-order valence-corrected chi connectivity index (χ1v) is 5.20. The van der Waals surface area contributed by atoms with Crippen LogP contribution in [0.15, 0.2) is 0 Å². The number of aliphatic hydroxyl groups is 1. The summed E-state index contributed by atoms with van der Waals surface area (Å²) in [7, 11) is 0. The minimum Gasteiger partial charge on any atom is -0.385 e. The Hall–Kier alpha value is -0.750. The molecule has 0 saturated heterocycles. The maximum atomic E-state index is 10.9. The molecule has 0 rings (SSSR count). The summed E-state index contributed by atoms with van der Waals surface area (Å²) in [6.45, 7) is 0. The minimum atomic E-state index is -1.25. The third-order valence-electron chi connectivity index (χ3n) is 1.70. The molecule has 0 bridgehead atoms. The number of rotatable bonds is 6. The molecule has 0 aromatic heterocycles. The Kier molecular flexibility index (Phi) is 5.48. The highest BCUT2D eigenvalue weighted by molar-refractivity contribution is 7.98. The van der Waals surface area contributed by atoms with E-state index in [1.165, 1.54) is 0 Å². The molecule has 0 spiro atoms. The predicted molar refractivity (Wildman–Crippen MR) is 53.6 cm³/mol. The number of nitrogens with one attached hydrogen (secondary N) is 1. The molecular formula is C7H15N3O2S. The Balaban J connectivity index is 4.24. The second-order valence-electron chi connectivity index (χ2n) is 2.69. The maximum Gasteiger partial charge on any atom is 0.223 e. The van der Waals surface area contributed by atoms with Crippen molar-refractivity contribution in [3.8, 4) is 0 Å².